The number of ether oxygens (including phenoxy) is 2. The molecular formula is C41H68FN5O8. The van der Waals surface area contributed by atoms with Crippen LogP contribution in [0.25, 0.3) is 0 Å². The summed E-state index contributed by atoms with van der Waals surface area (Å²) in [4.78, 5) is 71.0. The SMILES string of the molecule is CC[C@H](C)[C@@H]([C@@H](CC(=O)N1C(C)[C@@H](C)C[C@H]1[C@H](OC)[C@@H](C)C(=O)N[C@@H](Cc1ccccc1F)C(=O)O)OC)N(C)C(=O)[C@@H](NC(=O)[C@@H](NC)C(C)C)C(C)C. The van der Waals surface area contributed by atoms with E-state index in [9.17, 15) is 33.5 Å². The topological polar surface area (TPSA) is 167 Å². The van der Waals surface area contributed by atoms with Gasteiger partial charge in [0.15, 0.2) is 0 Å². The first-order chi connectivity index (χ1) is 25.8. The van der Waals surface area contributed by atoms with Crippen LogP contribution in [0, 0.1) is 35.4 Å². The van der Waals surface area contributed by atoms with Crippen molar-refractivity contribution >= 4 is 29.6 Å². The van der Waals surface area contributed by atoms with Gasteiger partial charge in [0.1, 0.15) is 17.9 Å². The van der Waals surface area contributed by atoms with Crippen LogP contribution in [0.3, 0.4) is 0 Å². The van der Waals surface area contributed by atoms with E-state index in [4.69, 9.17) is 9.47 Å². The Bertz CT molecular complexity index is 1440. The van der Waals surface area contributed by atoms with Crippen molar-refractivity contribution in [2.45, 2.75) is 136 Å². The smallest absolute Gasteiger partial charge is 0.326 e. The Hall–Kier alpha value is -3.62. The van der Waals surface area contributed by atoms with Gasteiger partial charge in [0.2, 0.25) is 23.6 Å². The third-order valence-electron chi connectivity index (χ3n) is 11.6. The zero-order valence-electron chi connectivity index (χ0n) is 35.2. The number of hydrogen-bond donors (Lipinski definition) is 4. The molecular weight excluding hydrogens is 709 g/mol. The summed E-state index contributed by atoms with van der Waals surface area (Å²) in [6.45, 7) is 17.2. The molecule has 1 aromatic rings. The maximum Gasteiger partial charge on any atom is 0.326 e. The molecule has 55 heavy (non-hydrogen) atoms. The molecule has 11 atom stereocenters. The highest BCUT2D eigenvalue weighted by atomic mass is 19.1. The van der Waals surface area contributed by atoms with Gasteiger partial charge in [0.25, 0.3) is 0 Å². The van der Waals surface area contributed by atoms with Crippen LogP contribution in [0.15, 0.2) is 24.3 Å². The zero-order valence-corrected chi connectivity index (χ0v) is 35.2. The van der Waals surface area contributed by atoms with Crippen molar-refractivity contribution in [1.82, 2.24) is 25.8 Å². The molecule has 4 N–H and O–H groups in total. The van der Waals surface area contributed by atoms with Gasteiger partial charge < -0.3 is 40.3 Å². The molecule has 0 radical (unpaired) electrons. The van der Waals surface area contributed by atoms with Crippen LogP contribution in [0.4, 0.5) is 4.39 Å². The fourth-order valence-corrected chi connectivity index (χ4v) is 7.95. The molecule has 0 spiro atoms. The quantitative estimate of drug-likeness (QED) is 0.145. The van der Waals surface area contributed by atoms with Crippen molar-refractivity contribution in [3.8, 4) is 0 Å². The fourth-order valence-electron chi connectivity index (χ4n) is 7.95. The molecule has 14 heteroatoms. The van der Waals surface area contributed by atoms with Gasteiger partial charge in [-0.3, -0.25) is 19.2 Å². The number of nitrogens with one attached hydrogen (secondary N) is 3. The van der Waals surface area contributed by atoms with E-state index in [1.165, 1.54) is 32.4 Å². The molecule has 4 amide bonds. The lowest BCUT2D eigenvalue weighted by atomic mass is 9.89. The van der Waals surface area contributed by atoms with Gasteiger partial charge in [-0.2, -0.15) is 0 Å². The molecule has 1 aromatic carbocycles. The number of likely N-dealkylation sites (N-methyl/N-ethyl adjacent to an activating group) is 2. The van der Waals surface area contributed by atoms with Crippen LogP contribution < -0.4 is 16.0 Å². The second-order valence-electron chi connectivity index (χ2n) is 16.1. The Labute approximate surface area is 327 Å². The normalized spacial score (nSPS) is 21.6. The first kappa shape index (κ1) is 47.5. The molecule has 1 heterocycles. The number of rotatable bonds is 21. The summed E-state index contributed by atoms with van der Waals surface area (Å²) in [7, 11) is 6.38. The second kappa shape index (κ2) is 21.6. The predicted molar refractivity (Wildman–Crippen MR) is 209 cm³/mol. The average Bonchev–Trinajstić information content (AvgIpc) is 3.42. The number of carboxylic acid groups (broad SMARTS) is 1. The van der Waals surface area contributed by atoms with E-state index in [1.54, 1.807) is 36.9 Å². The minimum atomic E-state index is -1.38. The molecule has 0 saturated carbocycles. The van der Waals surface area contributed by atoms with Gasteiger partial charge in [-0.05, 0) is 55.7 Å². The average molecular weight is 778 g/mol. The van der Waals surface area contributed by atoms with Crippen LogP contribution in [-0.4, -0.2) is 121 Å². The number of halogens is 1. The number of amides is 4. The van der Waals surface area contributed by atoms with Crippen LogP contribution in [0.1, 0.15) is 87.1 Å². The van der Waals surface area contributed by atoms with Crippen LogP contribution in [-0.2, 0) is 39.9 Å². The van der Waals surface area contributed by atoms with E-state index in [1.807, 2.05) is 55.4 Å². The lowest BCUT2D eigenvalue weighted by Gasteiger charge is -2.41. The van der Waals surface area contributed by atoms with Crippen molar-refractivity contribution in [1.29, 1.82) is 0 Å². The van der Waals surface area contributed by atoms with E-state index in [0.29, 0.717) is 12.8 Å². The molecule has 1 saturated heterocycles. The molecule has 312 valence electrons. The summed E-state index contributed by atoms with van der Waals surface area (Å²) in [5.41, 5.74) is 0.162. The molecule has 0 aromatic heterocycles. The molecule has 0 aliphatic carbocycles. The van der Waals surface area contributed by atoms with Crippen molar-refractivity contribution in [3.05, 3.63) is 35.6 Å². The number of benzene rings is 1. The number of nitrogens with zero attached hydrogens (tertiary/aromatic N) is 2. The minimum Gasteiger partial charge on any atom is -0.480 e. The lowest BCUT2D eigenvalue weighted by molar-refractivity contribution is -0.149. The third-order valence-corrected chi connectivity index (χ3v) is 11.6. The molecule has 1 aliphatic heterocycles. The number of likely N-dealkylation sites (tertiary alicyclic amines) is 1. The van der Waals surface area contributed by atoms with E-state index < -0.39 is 66.0 Å². The van der Waals surface area contributed by atoms with Gasteiger partial charge in [-0.25, -0.2) is 9.18 Å². The zero-order chi connectivity index (χ0) is 41.9. The van der Waals surface area contributed by atoms with E-state index in [2.05, 4.69) is 16.0 Å². The van der Waals surface area contributed by atoms with Crippen LogP contribution in [0.5, 0.6) is 0 Å². The number of carbonyl (C=O) groups excluding carboxylic acids is 4. The number of aliphatic carboxylic acids is 1. The lowest BCUT2D eigenvalue weighted by Crippen LogP contribution is -2.60. The molecule has 1 fully saturated rings. The number of carbonyl (C=O) groups is 5. The summed E-state index contributed by atoms with van der Waals surface area (Å²) in [6, 6.07) is 1.88. The van der Waals surface area contributed by atoms with Crippen molar-refractivity contribution < 1.29 is 42.9 Å². The third kappa shape index (κ3) is 11.9. The molecule has 2 rings (SSSR count). The maximum absolute atomic E-state index is 14.5. The van der Waals surface area contributed by atoms with Gasteiger partial charge in [-0.15, -0.1) is 0 Å². The van der Waals surface area contributed by atoms with Gasteiger partial charge in [0, 0.05) is 33.7 Å². The summed E-state index contributed by atoms with van der Waals surface area (Å²) < 4.78 is 26.3. The standard InChI is InChI=1S/C41H68FN5O8/c1-14-24(6)36(46(11)40(51)35(23(4)5)45-39(50)34(43-10)22(2)3)32(54-12)21-33(48)47-27(9)25(7)19-31(47)37(55-13)26(8)38(49)44-30(41(52)53)20-28-17-15-16-18-29(28)42/h15-18,22-27,30-32,34-37,43H,14,19-21H2,1-13H3,(H,44,49)(H,45,50)(H,52,53)/t24-,25-,26+,27?,30-,31-,32+,34-,35-,36-,37+/m0/s1. The Morgan fingerprint density at radius 1 is 0.945 bits per heavy atom. The van der Waals surface area contributed by atoms with Crippen molar-refractivity contribution in [2.24, 2.45) is 29.6 Å². The molecule has 0 bridgehead atoms. The van der Waals surface area contributed by atoms with E-state index in [0.717, 1.165) is 0 Å². The predicted octanol–water partition coefficient (Wildman–Crippen LogP) is 3.88. The Balaban J connectivity index is 2.37. The highest BCUT2D eigenvalue weighted by Gasteiger charge is 2.47. The largest absolute Gasteiger partial charge is 0.480 e. The molecule has 13 nitrogen and oxygen atoms in total. The van der Waals surface area contributed by atoms with Crippen molar-refractivity contribution in [3.63, 3.8) is 0 Å². The summed E-state index contributed by atoms with van der Waals surface area (Å²) in [5.74, 6) is -4.36. The Morgan fingerprint density at radius 3 is 2.04 bits per heavy atom. The number of methoxy groups -OCH3 is 2. The highest BCUT2D eigenvalue weighted by molar-refractivity contribution is 5.90. The molecule has 1 unspecified atom stereocenters. The van der Waals surface area contributed by atoms with Gasteiger partial charge in [0.05, 0.1) is 42.7 Å². The van der Waals surface area contributed by atoms with Crippen molar-refractivity contribution in [2.75, 3.05) is 28.3 Å². The first-order valence-corrected chi connectivity index (χ1v) is 19.6. The maximum atomic E-state index is 14.5. The van der Waals surface area contributed by atoms with E-state index in [-0.39, 0.29) is 65.8 Å². The summed E-state index contributed by atoms with van der Waals surface area (Å²) in [5, 5.41) is 18.5. The number of hydrogen-bond acceptors (Lipinski definition) is 8. The fraction of sp³-hybridized carbons (Fsp3) is 0.732. The molecule has 1 aliphatic rings. The van der Waals surface area contributed by atoms with Gasteiger partial charge >= 0.3 is 5.97 Å². The Morgan fingerprint density at radius 2 is 1.55 bits per heavy atom. The van der Waals surface area contributed by atoms with Crippen LogP contribution >= 0.6 is 0 Å². The second-order valence-corrected chi connectivity index (χ2v) is 16.1. The Kier molecular flexibility index (Phi) is 18.7. The van der Waals surface area contributed by atoms with Crippen LogP contribution in [0.2, 0.25) is 0 Å². The van der Waals surface area contributed by atoms with Gasteiger partial charge in [-0.1, -0.05) is 80.0 Å². The minimum absolute atomic E-state index is 0.00391. The number of carboxylic acids is 1. The summed E-state index contributed by atoms with van der Waals surface area (Å²) >= 11 is 0. The first-order valence-electron chi connectivity index (χ1n) is 19.6. The highest BCUT2D eigenvalue weighted by Crippen LogP contribution is 2.36. The summed E-state index contributed by atoms with van der Waals surface area (Å²) in [6.07, 6.45) is -0.586. The monoisotopic (exact) mass is 778 g/mol. The van der Waals surface area contributed by atoms with E-state index >= 15 is 0 Å².